The first-order chi connectivity index (χ1) is 14.8. The molecule has 0 saturated carbocycles. The summed E-state index contributed by atoms with van der Waals surface area (Å²) in [6.45, 7) is 4.11. The molecule has 4 aromatic rings. The number of benzene rings is 2. The number of carbonyl (C=O) groups is 1. The summed E-state index contributed by atoms with van der Waals surface area (Å²) in [5, 5.41) is 2.84. The summed E-state index contributed by atoms with van der Waals surface area (Å²) in [6, 6.07) is 14.9. The van der Waals surface area contributed by atoms with Gasteiger partial charge in [-0.25, -0.2) is 9.18 Å². The van der Waals surface area contributed by atoms with Gasteiger partial charge in [-0.2, -0.15) is 0 Å². The van der Waals surface area contributed by atoms with Crippen LogP contribution in [0.2, 0.25) is 0 Å². The fraction of sp³-hybridized carbons (Fsp3) is 0.174. The van der Waals surface area contributed by atoms with E-state index in [2.05, 4.69) is 10.3 Å². The van der Waals surface area contributed by atoms with Crippen molar-refractivity contribution < 1.29 is 9.18 Å². The molecule has 0 radical (unpaired) electrons. The van der Waals surface area contributed by atoms with E-state index in [9.17, 15) is 18.8 Å². The number of aromatic nitrogens is 2. The van der Waals surface area contributed by atoms with E-state index in [-0.39, 0.29) is 24.2 Å². The standard InChI is InChI=1S/C23H20FN3O3S/c1-13-5-3-4-6-17(13)14(2)20-21(31-19-11-18(28)26-23(30)27(19)20)22(29)25-12-15-7-9-16(24)10-8-15/h3-11,14H,12H2,1-2H3,(H,25,29)(H,26,28,30). The summed E-state index contributed by atoms with van der Waals surface area (Å²) in [4.78, 5) is 40.6. The van der Waals surface area contributed by atoms with Crippen LogP contribution in [0.15, 0.2) is 64.2 Å². The number of hydrogen-bond acceptors (Lipinski definition) is 4. The van der Waals surface area contributed by atoms with E-state index in [1.165, 1.54) is 22.6 Å². The first kappa shape index (κ1) is 20.7. The third-order valence-electron chi connectivity index (χ3n) is 5.23. The molecule has 2 aromatic heterocycles. The van der Waals surface area contributed by atoms with Crippen LogP contribution in [0.1, 0.15) is 44.9 Å². The monoisotopic (exact) mass is 437 g/mol. The van der Waals surface area contributed by atoms with Gasteiger partial charge in [0.05, 0.1) is 5.69 Å². The highest BCUT2D eigenvalue weighted by Gasteiger charge is 2.26. The van der Waals surface area contributed by atoms with E-state index in [0.717, 1.165) is 28.0 Å². The zero-order valence-electron chi connectivity index (χ0n) is 16.9. The highest BCUT2D eigenvalue weighted by atomic mass is 32.1. The molecule has 2 heterocycles. The number of nitrogens with one attached hydrogen (secondary N) is 2. The lowest BCUT2D eigenvalue weighted by Crippen LogP contribution is -2.28. The molecule has 2 N–H and O–H groups in total. The van der Waals surface area contributed by atoms with Crippen molar-refractivity contribution in [3.05, 3.63) is 109 Å². The lowest BCUT2D eigenvalue weighted by molar-refractivity contribution is 0.0953. The Bertz CT molecular complexity index is 1390. The Kier molecular flexibility index (Phi) is 5.56. The number of aryl methyl sites for hydroxylation is 1. The molecule has 0 aliphatic carbocycles. The molecule has 6 nitrogen and oxygen atoms in total. The molecule has 0 bridgehead atoms. The largest absolute Gasteiger partial charge is 0.347 e. The zero-order valence-corrected chi connectivity index (χ0v) is 17.8. The van der Waals surface area contributed by atoms with Crippen molar-refractivity contribution in [3.63, 3.8) is 0 Å². The van der Waals surface area contributed by atoms with Crippen LogP contribution in [0.3, 0.4) is 0 Å². The van der Waals surface area contributed by atoms with Crippen LogP contribution >= 0.6 is 11.3 Å². The first-order valence-corrected chi connectivity index (χ1v) is 10.5. The molecule has 2 aromatic carbocycles. The number of fused-ring (bicyclic) bond motifs is 1. The second-order valence-corrected chi connectivity index (χ2v) is 8.35. The molecule has 0 aliphatic heterocycles. The normalized spacial score (nSPS) is 12.1. The number of carbonyl (C=O) groups excluding carboxylic acids is 1. The van der Waals surface area contributed by atoms with Crippen LogP contribution in [0.5, 0.6) is 0 Å². The third kappa shape index (κ3) is 4.06. The van der Waals surface area contributed by atoms with Crippen molar-refractivity contribution in [1.29, 1.82) is 0 Å². The molecule has 1 unspecified atom stereocenters. The number of rotatable bonds is 5. The Morgan fingerprint density at radius 2 is 1.87 bits per heavy atom. The average molecular weight is 437 g/mol. The number of hydrogen-bond donors (Lipinski definition) is 2. The summed E-state index contributed by atoms with van der Waals surface area (Å²) < 4.78 is 14.5. The van der Waals surface area contributed by atoms with Gasteiger partial charge in [0.1, 0.15) is 15.5 Å². The van der Waals surface area contributed by atoms with Gasteiger partial charge in [0.25, 0.3) is 11.5 Å². The van der Waals surface area contributed by atoms with Gasteiger partial charge in [0.15, 0.2) is 0 Å². The number of nitrogens with zero attached hydrogens (tertiary/aromatic N) is 1. The molecule has 8 heteroatoms. The second kappa shape index (κ2) is 8.31. The van der Waals surface area contributed by atoms with E-state index in [4.69, 9.17) is 0 Å². The Morgan fingerprint density at radius 3 is 2.58 bits per heavy atom. The second-order valence-electron chi connectivity index (χ2n) is 7.32. The average Bonchev–Trinajstić information content (AvgIpc) is 3.13. The summed E-state index contributed by atoms with van der Waals surface area (Å²) in [6.07, 6.45) is 0. The van der Waals surface area contributed by atoms with Gasteiger partial charge in [-0.05, 0) is 35.7 Å². The fourth-order valence-electron chi connectivity index (χ4n) is 3.67. The summed E-state index contributed by atoms with van der Waals surface area (Å²) in [7, 11) is 0. The van der Waals surface area contributed by atoms with Crippen LogP contribution in [-0.2, 0) is 6.54 Å². The molecule has 31 heavy (non-hydrogen) atoms. The number of aromatic amines is 1. The molecule has 0 fully saturated rings. The molecule has 1 atom stereocenters. The lowest BCUT2D eigenvalue weighted by Gasteiger charge is -2.16. The van der Waals surface area contributed by atoms with Crippen molar-refractivity contribution in [2.24, 2.45) is 0 Å². The van der Waals surface area contributed by atoms with E-state index < -0.39 is 11.2 Å². The minimum absolute atomic E-state index is 0.208. The SMILES string of the molecule is Cc1ccccc1C(C)c1c(C(=O)NCc2ccc(F)cc2)sc2cc(=O)[nH]c(=O)n12. The van der Waals surface area contributed by atoms with Crippen LogP contribution in [0.25, 0.3) is 4.83 Å². The maximum Gasteiger partial charge on any atom is 0.333 e. The minimum Gasteiger partial charge on any atom is -0.347 e. The Balaban J connectivity index is 1.79. The summed E-state index contributed by atoms with van der Waals surface area (Å²) >= 11 is 1.10. The van der Waals surface area contributed by atoms with Crippen molar-refractivity contribution >= 4 is 22.1 Å². The molecule has 0 saturated heterocycles. The Labute approximate surface area is 181 Å². The Hall–Kier alpha value is -3.52. The number of amides is 1. The van der Waals surface area contributed by atoms with Gasteiger partial charge in [-0.3, -0.25) is 19.0 Å². The first-order valence-electron chi connectivity index (χ1n) is 9.72. The predicted octanol–water partition coefficient (Wildman–Crippen LogP) is 3.58. The van der Waals surface area contributed by atoms with E-state index >= 15 is 0 Å². The van der Waals surface area contributed by atoms with Gasteiger partial charge in [0, 0.05) is 18.5 Å². The maximum atomic E-state index is 13.1. The highest BCUT2D eigenvalue weighted by Crippen LogP contribution is 2.33. The summed E-state index contributed by atoms with van der Waals surface area (Å²) in [5.74, 6) is -0.983. The lowest BCUT2D eigenvalue weighted by atomic mass is 9.93. The van der Waals surface area contributed by atoms with Crippen molar-refractivity contribution in [1.82, 2.24) is 14.7 Å². The van der Waals surface area contributed by atoms with Crippen LogP contribution < -0.4 is 16.6 Å². The van der Waals surface area contributed by atoms with Gasteiger partial charge >= 0.3 is 5.69 Å². The molecule has 0 aliphatic rings. The van der Waals surface area contributed by atoms with Crippen molar-refractivity contribution in [2.75, 3.05) is 0 Å². The molecule has 158 valence electrons. The highest BCUT2D eigenvalue weighted by molar-refractivity contribution is 7.19. The molecule has 4 rings (SSSR count). The zero-order chi connectivity index (χ0) is 22.1. The minimum atomic E-state index is -0.577. The van der Waals surface area contributed by atoms with Gasteiger partial charge in [-0.1, -0.05) is 43.3 Å². The third-order valence-corrected chi connectivity index (χ3v) is 6.33. The van der Waals surface area contributed by atoms with E-state index in [1.807, 2.05) is 38.1 Å². The van der Waals surface area contributed by atoms with Crippen LogP contribution in [0.4, 0.5) is 4.39 Å². The quantitative estimate of drug-likeness (QED) is 0.501. The van der Waals surface area contributed by atoms with Crippen molar-refractivity contribution in [3.8, 4) is 0 Å². The van der Waals surface area contributed by atoms with Crippen molar-refractivity contribution in [2.45, 2.75) is 26.3 Å². The number of thiazole rings is 1. The number of halogens is 1. The molecular formula is C23H20FN3O3S. The smallest absolute Gasteiger partial charge is 0.333 e. The topological polar surface area (TPSA) is 83.4 Å². The van der Waals surface area contributed by atoms with E-state index in [0.29, 0.717) is 15.4 Å². The van der Waals surface area contributed by atoms with Crippen LogP contribution in [-0.4, -0.2) is 15.3 Å². The van der Waals surface area contributed by atoms with Gasteiger partial charge < -0.3 is 5.32 Å². The molecular weight excluding hydrogens is 417 g/mol. The fourth-order valence-corrected chi connectivity index (χ4v) is 4.86. The maximum absolute atomic E-state index is 13.1. The predicted molar refractivity (Wildman–Crippen MR) is 118 cm³/mol. The van der Waals surface area contributed by atoms with Crippen LogP contribution in [0, 0.1) is 12.7 Å². The Morgan fingerprint density at radius 1 is 1.16 bits per heavy atom. The van der Waals surface area contributed by atoms with Gasteiger partial charge in [-0.15, -0.1) is 11.3 Å². The summed E-state index contributed by atoms with van der Waals surface area (Å²) in [5.41, 5.74) is 2.19. The number of H-pyrrole nitrogens is 1. The molecule has 1 amide bonds. The van der Waals surface area contributed by atoms with Gasteiger partial charge in [0.2, 0.25) is 0 Å². The van der Waals surface area contributed by atoms with E-state index in [1.54, 1.807) is 12.1 Å². The molecule has 0 spiro atoms.